The smallest absolute Gasteiger partial charge is 0.0719 e. The number of anilines is 1. The molecule has 0 unspecified atom stereocenters. The topological polar surface area (TPSA) is 53.1 Å². The molecule has 1 aromatic rings. The molecular formula is C11H20ClN3O. The van der Waals surface area contributed by atoms with Crippen LogP contribution in [0.1, 0.15) is 38.6 Å². The summed E-state index contributed by atoms with van der Waals surface area (Å²) < 4.78 is 7.62. The highest BCUT2D eigenvalue weighted by molar-refractivity contribution is 5.85. The Balaban J connectivity index is 0.00000128. The van der Waals surface area contributed by atoms with Crippen LogP contribution in [0.5, 0.6) is 0 Å². The van der Waals surface area contributed by atoms with Gasteiger partial charge in [0.15, 0.2) is 0 Å². The molecule has 2 N–H and O–H groups in total. The third kappa shape index (κ3) is 3.12. The monoisotopic (exact) mass is 245 g/mol. The van der Waals surface area contributed by atoms with Crippen molar-refractivity contribution < 1.29 is 4.74 Å². The first-order chi connectivity index (χ1) is 7.29. The summed E-state index contributed by atoms with van der Waals surface area (Å²) >= 11 is 0. The van der Waals surface area contributed by atoms with E-state index in [1.807, 2.05) is 10.9 Å². The number of nitrogens with two attached hydrogens (primary N) is 1. The Morgan fingerprint density at radius 2 is 2.12 bits per heavy atom. The maximum atomic E-state index is 5.65. The van der Waals surface area contributed by atoms with E-state index in [4.69, 9.17) is 10.5 Å². The molecule has 4 nitrogen and oxygen atoms in total. The highest BCUT2D eigenvalue weighted by Gasteiger charge is 2.22. The van der Waals surface area contributed by atoms with E-state index in [0.717, 1.165) is 38.0 Å². The Kier molecular flexibility index (Phi) is 5.09. The molecule has 0 saturated heterocycles. The van der Waals surface area contributed by atoms with Gasteiger partial charge in [-0.15, -0.1) is 12.4 Å². The normalized spacial score (nSPS) is 25.1. The lowest BCUT2D eigenvalue weighted by Crippen LogP contribution is -2.23. The third-order valence-corrected chi connectivity index (χ3v) is 3.04. The summed E-state index contributed by atoms with van der Waals surface area (Å²) in [6.07, 6.45) is 8.66. The fraction of sp³-hybridized carbons (Fsp3) is 0.727. The van der Waals surface area contributed by atoms with Crippen LogP contribution >= 0.6 is 12.4 Å². The molecule has 1 fully saturated rings. The molecule has 0 radical (unpaired) electrons. The first kappa shape index (κ1) is 13.3. The summed E-state index contributed by atoms with van der Waals surface area (Å²) in [7, 11) is 0. The molecule has 1 aliphatic carbocycles. The molecule has 0 spiro atoms. The first-order valence-electron chi connectivity index (χ1n) is 5.71. The highest BCUT2D eigenvalue weighted by Crippen LogP contribution is 2.29. The predicted octanol–water partition coefficient (Wildman–Crippen LogP) is 2.41. The first-order valence-corrected chi connectivity index (χ1v) is 5.71. The van der Waals surface area contributed by atoms with Crippen molar-refractivity contribution in [2.24, 2.45) is 0 Å². The molecular weight excluding hydrogens is 226 g/mol. The Bertz CT molecular complexity index is 308. The lowest BCUT2D eigenvalue weighted by molar-refractivity contribution is 0.0259. The Hall–Kier alpha value is -0.740. The van der Waals surface area contributed by atoms with Gasteiger partial charge in [-0.2, -0.15) is 5.10 Å². The van der Waals surface area contributed by atoms with E-state index < -0.39 is 0 Å². The Morgan fingerprint density at radius 3 is 2.62 bits per heavy atom. The van der Waals surface area contributed by atoms with Crippen molar-refractivity contribution in [1.29, 1.82) is 0 Å². The van der Waals surface area contributed by atoms with Gasteiger partial charge < -0.3 is 10.5 Å². The van der Waals surface area contributed by atoms with Crippen LogP contribution in [0, 0.1) is 0 Å². The van der Waals surface area contributed by atoms with E-state index in [-0.39, 0.29) is 12.4 Å². The maximum absolute atomic E-state index is 5.65. The van der Waals surface area contributed by atoms with Crippen LogP contribution in [-0.2, 0) is 4.74 Å². The zero-order chi connectivity index (χ0) is 10.7. The SMILES string of the molecule is CCOC1CCC(n2cc(N)cn2)CC1.Cl. The number of aromatic nitrogens is 2. The van der Waals surface area contributed by atoms with Crippen LogP contribution in [0.3, 0.4) is 0 Å². The van der Waals surface area contributed by atoms with Crippen molar-refractivity contribution in [1.82, 2.24) is 9.78 Å². The molecule has 0 amide bonds. The average molecular weight is 246 g/mol. The fourth-order valence-corrected chi connectivity index (χ4v) is 2.26. The van der Waals surface area contributed by atoms with Crippen molar-refractivity contribution in [3.63, 3.8) is 0 Å². The quantitative estimate of drug-likeness (QED) is 0.890. The minimum Gasteiger partial charge on any atom is -0.396 e. The molecule has 1 heterocycles. The standard InChI is InChI=1S/C11H19N3O.ClH/c1-2-15-11-5-3-10(4-6-11)14-8-9(12)7-13-14;/h7-8,10-11H,2-6,12H2,1H3;1H. The van der Waals surface area contributed by atoms with E-state index >= 15 is 0 Å². The lowest BCUT2D eigenvalue weighted by atomic mass is 9.93. The van der Waals surface area contributed by atoms with E-state index in [1.165, 1.54) is 0 Å². The van der Waals surface area contributed by atoms with Gasteiger partial charge in [-0.1, -0.05) is 0 Å². The van der Waals surface area contributed by atoms with E-state index in [1.54, 1.807) is 6.20 Å². The number of ether oxygens (including phenoxy) is 1. The van der Waals surface area contributed by atoms with Gasteiger partial charge in [-0.25, -0.2) is 0 Å². The fourth-order valence-electron chi connectivity index (χ4n) is 2.26. The van der Waals surface area contributed by atoms with Gasteiger partial charge in [0.2, 0.25) is 0 Å². The molecule has 0 atom stereocenters. The van der Waals surface area contributed by atoms with Crippen molar-refractivity contribution in [2.75, 3.05) is 12.3 Å². The van der Waals surface area contributed by atoms with Gasteiger partial charge >= 0.3 is 0 Å². The lowest BCUT2D eigenvalue weighted by Gasteiger charge is -2.28. The second-order valence-corrected chi connectivity index (χ2v) is 4.14. The van der Waals surface area contributed by atoms with E-state index in [0.29, 0.717) is 12.1 Å². The zero-order valence-corrected chi connectivity index (χ0v) is 10.4. The Labute approximate surface area is 103 Å². The number of hydrogen-bond donors (Lipinski definition) is 1. The van der Waals surface area contributed by atoms with Gasteiger partial charge in [-0.3, -0.25) is 4.68 Å². The molecule has 1 saturated carbocycles. The summed E-state index contributed by atoms with van der Waals surface area (Å²) in [5, 5.41) is 4.26. The Morgan fingerprint density at radius 1 is 1.44 bits per heavy atom. The van der Waals surface area contributed by atoms with Crippen molar-refractivity contribution in [2.45, 2.75) is 44.8 Å². The average Bonchev–Trinajstić information content (AvgIpc) is 2.67. The van der Waals surface area contributed by atoms with Gasteiger partial charge in [0.25, 0.3) is 0 Å². The molecule has 0 bridgehead atoms. The summed E-state index contributed by atoms with van der Waals surface area (Å²) in [5.74, 6) is 0. The predicted molar refractivity (Wildman–Crippen MR) is 66.8 cm³/mol. The number of halogens is 1. The van der Waals surface area contributed by atoms with Crippen LogP contribution in [-0.4, -0.2) is 22.5 Å². The molecule has 1 aliphatic rings. The molecule has 0 aliphatic heterocycles. The van der Waals surface area contributed by atoms with Crippen LogP contribution in [0.15, 0.2) is 12.4 Å². The second kappa shape index (κ2) is 6.11. The summed E-state index contributed by atoms with van der Waals surface area (Å²) in [4.78, 5) is 0. The number of nitrogens with zero attached hydrogens (tertiary/aromatic N) is 2. The zero-order valence-electron chi connectivity index (χ0n) is 9.63. The number of nitrogen functional groups attached to an aromatic ring is 1. The molecule has 5 heteroatoms. The van der Waals surface area contributed by atoms with Crippen molar-refractivity contribution >= 4 is 18.1 Å². The summed E-state index contributed by atoms with van der Waals surface area (Å²) in [6, 6.07) is 0.513. The minimum absolute atomic E-state index is 0. The van der Waals surface area contributed by atoms with Gasteiger partial charge in [0.1, 0.15) is 0 Å². The van der Waals surface area contributed by atoms with Crippen molar-refractivity contribution in [3.05, 3.63) is 12.4 Å². The molecule has 0 aromatic carbocycles. The number of hydrogen-bond acceptors (Lipinski definition) is 3. The van der Waals surface area contributed by atoms with E-state index in [9.17, 15) is 0 Å². The van der Waals surface area contributed by atoms with Gasteiger partial charge in [0, 0.05) is 12.8 Å². The molecule has 2 rings (SSSR count). The third-order valence-electron chi connectivity index (χ3n) is 3.04. The van der Waals surface area contributed by atoms with Crippen LogP contribution in [0.2, 0.25) is 0 Å². The molecule has 16 heavy (non-hydrogen) atoms. The second-order valence-electron chi connectivity index (χ2n) is 4.14. The number of rotatable bonds is 3. The molecule has 1 aromatic heterocycles. The summed E-state index contributed by atoms with van der Waals surface area (Å²) in [5.41, 5.74) is 6.40. The minimum atomic E-state index is 0. The molecule has 92 valence electrons. The van der Waals surface area contributed by atoms with Crippen molar-refractivity contribution in [3.8, 4) is 0 Å². The highest BCUT2D eigenvalue weighted by atomic mass is 35.5. The summed E-state index contributed by atoms with van der Waals surface area (Å²) in [6.45, 7) is 2.88. The largest absolute Gasteiger partial charge is 0.396 e. The van der Waals surface area contributed by atoms with E-state index in [2.05, 4.69) is 12.0 Å². The maximum Gasteiger partial charge on any atom is 0.0719 e. The van der Waals surface area contributed by atoms with Gasteiger partial charge in [-0.05, 0) is 32.6 Å². The van der Waals surface area contributed by atoms with Crippen LogP contribution < -0.4 is 5.73 Å². The van der Waals surface area contributed by atoms with Gasteiger partial charge in [0.05, 0.1) is 24.0 Å². The van der Waals surface area contributed by atoms with Crippen LogP contribution in [0.25, 0.3) is 0 Å². The van der Waals surface area contributed by atoms with Crippen LogP contribution in [0.4, 0.5) is 5.69 Å².